The Morgan fingerprint density at radius 1 is 1.14 bits per heavy atom. The van der Waals surface area contributed by atoms with E-state index < -0.39 is 11.7 Å². The van der Waals surface area contributed by atoms with Crippen LogP contribution in [0.15, 0.2) is 24.3 Å². The fourth-order valence-electron chi connectivity index (χ4n) is 3.78. The van der Waals surface area contributed by atoms with E-state index >= 15 is 0 Å². The van der Waals surface area contributed by atoms with Gasteiger partial charge in [-0.2, -0.15) is 13.2 Å². The average molecular weight is 397 g/mol. The second kappa shape index (κ2) is 8.72. The maximum absolute atomic E-state index is 12.8. The maximum atomic E-state index is 12.8. The van der Waals surface area contributed by atoms with Crippen molar-refractivity contribution in [1.82, 2.24) is 15.1 Å². The number of carbonyl (C=O) groups is 1. The molecule has 2 amide bonds. The Kier molecular flexibility index (Phi) is 6.53. The molecule has 1 heterocycles. The summed E-state index contributed by atoms with van der Waals surface area (Å²) < 4.78 is 38.2. The number of nitrogens with one attached hydrogen (secondary N) is 1. The molecule has 3 rings (SSSR count). The van der Waals surface area contributed by atoms with Crippen LogP contribution < -0.4 is 5.32 Å². The summed E-state index contributed by atoms with van der Waals surface area (Å²) >= 11 is 0. The molecule has 28 heavy (non-hydrogen) atoms. The molecule has 2 fully saturated rings. The van der Waals surface area contributed by atoms with Crippen molar-refractivity contribution in [3.63, 3.8) is 0 Å². The molecule has 0 aromatic heterocycles. The number of piperidine rings is 1. The highest BCUT2D eigenvalue weighted by atomic mass is 19.4. The van der Waals surface area contributed by atoms with Crippen molar-refractivity contribution in [2.45, 2.75) is 64.3 Å². The highest BCUT2D eigenvalue weighted by Gasteiger charge is 2.34. The number of hydrogen-bond acceptors (Lipinski definition) is 2. The van der Waals surface area contributed by atoms with E-state index in [4.69, 9.17) is 0 Å². The van der Waals surface area contributed by atoms with Crippen molar-refractivity contribution < 1.29 is 18.0 Å². The van der Waals surface area contributed by atoms with Gasteiger partial charge < -0.3 is 15.1 Å². The first-order chi connectivity index (χ1) is 13.2. The van der Waals surface area contributed by atoms with Gasteiger partial charge in [0.2, 0.25) is 0 Å². The first kappa shape index (κ1) is 21.0. The molecular weight excluding hydrogens is 367 g/mol. The minimum Gasteiger partial charge on any atom is -0.335 e. The first-order valence-corrected chi connectivity index (χ1v) is 10.2. The lowest BCUT2D eigenvalue weighted by molar-refractivity contribution is -0.137. The summed E-state index contributed by atoms with van der Waals surface area (Å²) in [6, 6.07) is 5.38. The third-order valence-electron chi connectivity index (χ3n) is 5.42. The van der Waals surface area contributed by atoms with E-state index in [1.165, 1.54) is 12.1 Å². The van der Waals surface area contributed by atoms with Gasteiger partial charge >= 0.3 is 12.2 Å². The second-order valence-electron chi connectivity index (χ2n) is 8.47. The Morgan fingerprint density at radius 3 is 2.25 bits per heavy atom. The summed E-state index contributed by atoms with van der Waals surface area (Å²) in [5.74, 6) is 0.639. The zero-order valence-corrected chi connectivity index (χ0v) is 16.6. The van der Waals surface area contributed by atoms with Crippen LogP contribution in [0.3, 0.4) is 0 Å². The third kappa shape index (κ3) is 5.87. The Morgan fingerprint density at radius 2 is 1.75 bits per heavy atom. The predicted octanol–water partition coefficient (Wildman–Crippen LogP) is 4.50. The average Bonchev–Trinajstić information content (AvgIpc) is 3.45. The van der Waals surface area contributed by atoms with Gasteiger partial charge in [0.25, 0.3) is 0 Å². The number of amides is 2. The van der Waals surface area contributed by atoms with E-state index in [1.807, 2.05) is 0 Å². The molecule has 0 atom stereocenters. The molecule has 0 bridgehead atoms. The molecule has 1 aliphatic carbocycles. The van der Waals surface area contributed by atoms with E-state index in [2.05, 4.69) is 24.1 Å². The fourth-order valence-corrected chi connectivity index (χ4v) is 3.78. The Bertz CT molecular complexity index is 648. The van der Waals surface area contributed by atoms with Crippen molar-refractivity contribution in [3.05, 3.63) is 35.4 Å². The SMILES string of the molecule is CC(C)CN1CCC(NC(=O)N(Cc2ccc(C(F)(F)F)cc2)C2CC2)CC1. The lowest BCUT2D eigenvalue weighted by Crippen LogP contribution is -2.50. The molecule has 1 N–H and O–H groups in total. The van der Waals surface area contributed by atoms with Crippen LogP contribution in [0.1, 0.15) is 50.7 Å². The fraction of sp³-hybridized carbons (Fsp3) is 0.667. The topological polar surface area (TPSA) is 35.6 Å². The van der Waals surface area contributed by atoms with E-state index in [-0.39, 0.29) is 18.1 Å². The van der Waals surface area contributed by atoms with Crippen LogP contribution in [0.5, 0.6) is 0 Å². The first-order valence-electron chi connectivity index (χ1n) is 10.2. The lowest BCUT2D eigenvalue weighted by Gasteiger charge is -2.34. The van der Waals surface area contributed by atoms with Gasteiger partial charge in [-0.15, -0.1) is 0 Å². The van der Waals surface area contributed by atoms with Crippen LogP contribution in [0, 0.1) is 5.92 Å². The van der Waals surface area contributed by atoms with Gasteiger partial charge in [-0.25, -0.2) is 4.79 Å². The quantitative estimate of drug-likeness (QED) is 0.767. The molecule has 0 radical (unpaired) electrons. The zero-order chi connectivity index (χ0) is 20.3. The standard InChI is InChI=1S/C21H30F3N3O/c1-15(2)13-26-11-9-18(10-12-26)25-20(28)27(19-7-8-19)14-16-3-5-17(6-4-16)21(22,23)24/h3-6,15,18-19H,7-14H2,1-2H3,(H,25,28). The molecule has 0 unspecified atom stereocenters. The smallest absolute Gasteiger partial charge is 0.335 e. The van der Waals surface area contributed by atoms with Gasteiger partial charge in [0.05, 0.1) is 5.56 Å². The molecule has 1 aliphatic heterocycles. The van der Waals surface area contributed by atoms with Gasteiger partial charge in [-0.05, 0) is 49.3 Å². The molecule has 1 saturated heterocycles. The number of likely N-dealkylation sites (tertiary alicyclic amines) is 1. The van der Waals surface area contributed by atoms with E-state index in [1.54, 1.807) is 4.90 Å². The summed E-state index contributed by atoms with van der Waals surface area (Å²) in [5.41, 5.74) is 0.0635. The molecule has 4 nitrogen and oxygen atoms in total. The Balaban J connectivity index is 1.54. The normalized spacial score (nSPS) is 19.1. The number of hydrogen-bond donors (Lipinski definition) is 1. The number of urea groups is 1. The van der Waals surface area contributed by atoms with Gasteiger partial charge in [0.15, 0.2) is 0 Å². The second-order valence-corrected chi connectivity index (χ2v) is 8.47. The van der Waals surface area contributed by atoms with E-state index in [9.17, 15) is 18.0 Å². The molecule has 1 saturated carbocycles. The monoisotopic (exact) mass is 397 g/mol. The van der Waals surface area contributed by atoms with Crippen molar-refractivity contribution in [2.75, 3.05) is 19.6 Å². The number of benzene rings is 1. The van der Waals surface area contributed by atoms with Crippen molar-refractivity contribution in [3.8, 4) is 0 Å². The van der Waals surface area contributed by atoms with Gasteiger partial charge in [0, 0.05) is 38.3 Å². The van der Waals surface area contributed by atoms with Gasteiger partial charge in [-0.1, -0.05) is 26.0 Å². The summed E-state index contributed by atoms with van der Waals surface area (Å²) in [6.45, 7) is 7.84. The minimum atomic E-state index is -4.34. The van der Waals surface area contributed by atoms with Crippen LogP contribution in [-0.2, 0) is 12.7 Å². The van der Waals surface area contributed by atoms with E-state index in [0.29, 0.717) is 12.5 Å². The Hall–Kier alpha value is -1.76. The van der Waals surface area contributed by atoms with Gasteiger partial charge in [-0.3, -0.25) is 0 Å². The highest BCUT2D eigenvalue weighted by molar-refractivity contribution is 5.75. The predicted molar refractivity (Wildman–Crippen MR) is 103 cm³/mol. The number of halogens is 3. The highest BCUT2D eigenvalue weighted by Crippen LogP contribution is 2.31. The summed E-state index contributed by atoms with van der Waals surface area (Å²) in [6.07, 6.45) is -0.535. The van der Waals surface area contributed by atoms with Gasteiger partial charge in [0.1, 0.15) is 0 Å². The molecule has 7 heteroatoms. The molecule has 1 aromatic carbocycles. The molecule has 1 aromatic rings. The van der Waals surface area contributed by atoms with Crippen LogP contribution in [-0.4, -0.2) is 47.5 Å². The zero-order valence-electron chi connectivity index (χ0n) is 16.6. The van der Waals surface area contributed by atoms with Crippen LogP contribution in [0.4, 0.5) is 18.0 Å². The van der Waals surface area contributed by atoms with Crippen molar-refractivity contribution in [1.29, 1.82) is 0 Å². The van der Waals surface area contributed by atoms with E-state index in [0.717, 1.165) is 63.0 Å². The van der Waals surface area contributed by atoms with Crippen LogP contribution in [0.2, 0.25) is 0 Å². The van der Waals surface area contributed by atoms with Crippen molar-refractivity contribution in [2.24, 2.45) is 5.92 Å². The molecule has 2 aliphatic rings. The largest absolute Gasteiger partial charge is 0.416 e. The summed E-state index contributed by atoms with van der Waals surface area (Å²) in [4.78, 5) is 17.0. The number of alkyl halides is 3. The maximum Gasteiger partial charge on any atom is 0.416 e. The molecule has 0 spiro atoms. The minimum absolute atomic E-state index is 0.0929. The number of carbonyl (C=O) groups excluding carboxylic acids is 1. The van der Waals surface area contributed by atoms with Crippen LogP contribution >= 0.6 is 0 Å². The summed E-state index contributed by atoms with van der Waals surface area (Å²) in [5, 5.41) is 3.15. The lowest BCUT2D eigenvalue weighted by atomic mass is 10.0. The molecular formula is C21H30F3N3O. The van der Waals surface area contributed by atoms with Crippen molar-refractivity contribution >= 4 is 6.03 Å². The molecule has 156 valence electrons. The third-order valence-corrected chi connectivity index (χ3v) is 5.42. The summed E-state index contributed by atoms with van der Waals surface area (Å²) in [7, 11) is 0. The van der Waals surface area contributed by atoms with Crippen LogP contribution in [0.25, 0.3) is 0 Å². The number of nitrogens with zero attached hydrogens (tertiary/aromatic N) is 2. The number of rotatable bonds is 6. The Labute approximate surface area is 165 Å².